The van der Waals surface area contributed by atoms with E-state index in [4.69, 9.17) is 0 Å². The van der Waals surface area contributed by atoms with Crippen molar-refractivity contribution in [2.75, 3.05) is 0 Å². The number of hydrogen-bond donors (Lipinski definition) is 0. The Labute approximate surface area is 79.7 Å². The van der Waals surface area contributed by atoms with Gasteiger partial charge in [-0.15, -0.1) is 0 Å². The first kappa shape index (κ1) is 10.4. The second kappa shape index (κ2) is 4.03. The van der Waals surface area contributed by atoms with Gasteiger partial charge >= 0.3 is 0 Å². The van der Waals surface area contributed by atoms with Crippen LogP contribution in [-0.2, 0) is 9.59 Å². The molecule has 0 aromatic heterocycles. The lowest BCUT2D eigenvalue weighted by Crippen LogP contribution is -2.25. The van der Waals surface area contributed by atoms with E-state index in [9.17, 15) is 9.59 Å². The molecule has 2 heteroatoms. The van der Waals surface area contributed by atoms with Crippen molar-refractivity contribution in [2.24, 2.45) is 17.8 Å². The average Bonchev–Trinajstić information content (AvgIpc) is 2.80. The number of rotatable bonds is 5. The molecular weight excluding hydrogens is 164 g/mol. The van der Waals surface area contributed by atoms with Gasteiger partial charge in [0.25, 0.3) is 0 Å². The second-order valence-corrected chi connectivity index (χ2v) is 4.47. The maximum absolute atomic E-state index is 11.7. The molecule has 2 nitrogen and oxygen atoms in total. The van der Waals surface area contributed by atoms with Crippen molar-refractivity contribution in [1.82, 2.24) is 0 Å². The summed E-state index contributed by atoms with van der Waals surface area (Å²) in [5, 5.41) is 0. The molecule has 0 spiro atoms. The van der Waals surface area contributed by atoms with E-state index in [0.717, 1.165) is 19.3 Å². The molecule has 0 aliphatic heterocycles. The second-order valence-electron chi connectivity index (χ2n) is 4.47. The van der Waals surface area contributed by atoms with Gasteiger partial charge in [-0.25, -0.2) is 0 Å². The van der Waals surface area contributed by atoms with Crippen LogP contribution >= 0.6 is 0 Å². The monoisotopic (exact) mass is 182 g/mol. The van der Waals surface area contributed by atoms with Crippen molar-refractivity contribution in [3.63, 3.8) is 0 Å². The Hall–Kier alpha value is -0.660. The fraction of sp³-hybridized carbons (Fsp3) is 0.818. The number of Topliss-reactive ketones (excluding diaryl/α,β-unsaturated/α-hetero) is 2. The average molecular weight is 182 g/mol. The van der Waals surface area contributed by atoms with Crippen LogP contribution in [0.25, 0.3) is 0 Å². The molecule has 1 rings (SSSR count). The van der Waals surface area contributed by atoms with Crippen LogP contribution < -0.4 is 0 Å². The van der Waals surface area contributed by atoms with E-state index >= 15 is 0 Å². The van der Waals surface area contributed by atoms with Crippen molar-refractivity contribution < 1.29 is 9.59 Å². The molecule has 0 saturated heterocycles. The van der Waals surface area contributed by atoms with Crippen LogP contribution in [0.15, 0.2) is 0 Å². The fourth-order valence-electron chi connectivity index (χ4n) is 1.61. The lowest BCUT2D eigenvalue weighted by atomic mass is 9.88. The zero-order valence-corrected chi connectivity index (χ0v) is 8.67. The van der Waals surface area contributed by atoms with E-state index in [2.05, 4.69) is 13.8 Å². The Morgan fingerprint density at radius 3 is 2.15 bits per heavy atom. The molecule has 0 radical (unpaired) electrons. The van der Waals surface area contributed by atoms with E-state index < -0.39 is 0 Å². The fourth-order valence-corrected chi connectivity index (χ4v) is 1.61. The van der Waals surface area contributed by atoms with E-state index in [-0.39, 0.29) is 23.4 Å². The first-order chi connectivity index (χ1) is 6.02. The van der Waals surface area contributed by atoms with Crippen molar-refractivity contribution in [3.8, 4) is 0 Å². The first-order valence-corrected chi connectivity index (χ1v) is 5.06. The summed E-state index contributed by atoms with van der Waals surface area (Å²) < 4.78 is 0. The van der Waals surface area contributed by atoms with Crippen LogP contribution in [-0.4, -0.2) is 11.6 Å². The maximum atomic E-state index is 11.7. The highest BCUT2D eigenvalue weighted by atomic mass is 16.2. The summed E-state index contributed by atoms with van der Waals surface area (Å²) in [6.07, 6.45) is 2.73. The van der Waals surface area contributed by atoms with Crippen LogP contribution in [0.3, 0.4) is 0 Å². The molecule has 13 heavy (non-hydrogen) atoms. The minimum absolute atomic E-state index is 0.0469. The van der Waals surface area contributed by atoms with Gasteiger partial charge in [0, 0.05) is 5.92 Å². The third-order valence-corrected chi connectivity index (χ3v) is 2.52. The Morgan fingerprint density at radius 2 is 1.85 bits per heavy atom. The number of hydrogen-bond acceptors (Lipinski definition) is 2. The lowest BCUT2D eigenvalue weighted by molar-refractivity contribution is -0.133. The van der Waals surface area contributed by atoms with Crippen molar-refractivity contribution in [1.29, 1.82) is 0 Å². The number of carbonyl (C=O) groups is 2. The zero-order chi connectivity index (χ0) is 10.0. The molecule has 74 valence electrons. The van der Waals surface area contributed by atoms with Crippen molar-refractivity contribution in [3.05, 3.63) is 0 Å². The third-order valence-electron chi connectivity index (χ3n) is 2.52. The van der Waals surface area contributed by atoms with Gasteiger partial charge in [0.15, 0.2) is 0 Å². The summed E-state index contributed by atoms with van der Waals surface area (Å²) in [6, 6.07) is 0. The normalized spacial score (nSPS) is 18.8. The SMILES string of the molecule is CC(=O)C(CC(C)C)C(=O)C1CC1. The largest absolute Gasteiger partial charge is 0.299 e. The van der Waals surface area contributed by atoms with E-state index in [0.29, 0.717) is 5.92 Å². The number of ketones is 2. The quantitative estimate of drug-likeness (QED) is 0.611. The van der Waals surface area contributed by atoms with Gasteiger partial charge in [0.1, 0.15) is 11.6 Å². The van der Waals surface area contributed by atoms with E-state index in [1.165, 1.54) is 6.92 Å². The molecule has 1 unspecified atom stereocenters. The predicted molar refractivity (Wildman–Crippen MR) is 51.4 cm³/mol. The Morgan fingerprint density at radius 1 is 1.31 bits per heavy atom. The summed E-state index contributed by atoms with van der Waals surface area (Å²) in [6.45, 7) is 5.64. The molecular formula is C11H18O2. The molecule has 0 N–H and O–H groups in total. The topological polar surface area (TPSA) is 34.1 Å². The van der Waals surface area contributed by atoms with Gasteiger partial charge in [-0.05, 0) is 32.1 Å². The van der Waals surface area contributed by atoms with Gasteiger partial charge < -0.3 is 0 Å². The summed E-state index contributed by atoms with van der Waals surface area (Å²) >= 11 is 0. The molecule has 1 fully saturated rings. The predicted octanol–water partition coefficient (Wildman–Crippen LogP) is 2.22. The summed E-state index contributed by atoms with van der Waals surface area (Å²) in [5.74, 6) is 0.573. The molecule has 1 aliphatic carbocycles. The van der Waals surface area contributed by atoms with Gasteiger partial charge in [-0.2, -0.15) is 0 Å². The van der Waals surface area contributed by atoms with Gasteiger partial charge in [-0.1, -0.05) is 13.8 Å². The van der Waals surface area contributed by atoms with Crippen molar-refractivity contribution in [2.45, 2.75) is 40.0 Å². The summed E-state index contributed by atoms with van der Waals surface area (Å²) in [7, 11) is 0. The minimum Gasteiger partial charge on any atom is -0.299 e. The molecule has 1 saturated carbocycles. The smallest absolute Gasteiger partial charge is 0.146 e. The Bertz CT molecular complexity index is 214. The molecule has 0 bridgehead atoms. The minimum atomic E-state index is -0.313. The molecule has 0 heterocycles. The Kier molecular flexibility index (Phi) is 3.23. The van der Waals surface area contributed by atoms with Gasteiger partial charge in [0.2, 0.25) is 0 Å². The van der Waals surface area contributed by atoms with Crippen LogP contribution in [0.4, 0.5) is 0 Å². The van der Waals surface area contributed by atoms with Crippen LogP contribution in [0.5, 0.6) is 0 Å². The van der Waals surface area contributed by atoms with Crippen LogP contribution in [0, 0.1) is 17.8 Å². The molecule has 1 aliphatic rings. The van der Waals surface area contributed by atoms with Crippen LogP contribution in [0.1, 0.15) is 40.0 Å². The highest BCUT2D eigenvalue weighted by Crippen LogP contribution is 2.34. The van der Waals surface area contributed by atoms with Gasteiger partial charge in [-0.3, -0.25) is 9.59 Å². The van der Waals surface area contributed by atoms with E-state index in [1.807, 2.05) is 0 Å². The molecule has 0 amide bonds. The molecule has 0 aromatic rings. The number of carbonyl (C=O) groups excluding carboxylic acids is 2. The summed E-state index contributed by atoms with van der Waals surface area (Å²) in [4.78, 5) is 22.9. The van der Waals surface area contributed by atoms with Crippen LogP contribution in [0.2, 0.25) is 0 Å². The standard InChI is InChI=1S/C11H18O2/c1-7(2)6-10(8(3)12)11(13)9-4-5-9/h7,9-10H,4-6H2,1-3H3. The molecule has 1 atom stereocenters. The lowest BCUT2D eigenvalue weighted by Gasteiger charge is -2.14. The third kappa shape index (κ3) is 2.94. The first-order valence-electron chi connectivity index (χ1n) is 5.06. The van der Waals surface area contributed by atoms with Crippen molar-refractivity contribution >= 4 is 11.6 Å². The highest BCUT2D eigenvalue weighted by molar-refractivity contribution is 6.03. The van der Waals surface area contributed by atoms with E-state index in [1.54, 1.807) is 0 Å². The summed E-state index contributed by atoms with van der Waals surface area (Å²) in [5.41, 5.74) is 0. The highest BCUT2D eigenvalue weighted by Gasteiger charge is 2.36. The maximum Gasteiger partial charge on any atom is 0.146 e. The zero-order valence-electron chi connectivity index (χ0n) is 8.67. The van der Waals surface area contributed by atoms with Gasteiger partial charge in [0.05, 0.1) is 5.92 Å². The Balaban J connectivity index is 2.55. The molecule has 0 aromatic carbocycles.